The van der Waals surface area contributed by atoms with E-state index in [1.807, 2.05) is 6.92 Å². The van der Waals surface area contributed by atoms with E-state index in [-0.39, 0.29) is 11.2 Å². The van der Waals surface area contributed by atoms with Crippen molar-refractivity contribution >= 4 is 36.8 Å². The van der Waals surface area contributed by atoms with Crippen molar-refractivity contribution in [2.24, 2.45) is 0 Å². The standard InChI is InChI=1S/C8H9N4O2S2/c1-2-3-4-11(15)5-6(12(4)16)9-8(14)10-7(5)13/h2-3H2,1H3,(H2,9,10,13,14)/q-1. The fourth-order valence-electron chi connectivity index (χ4n) is 1.57. The summed E-state index contributed by atoms with van der Waals surface area (Å²) in [4.78, 5) is 27.3. The molecule has 0 bridgehead atoms. The molecule has 0 aliphatic heterocycles. The van der Waals surface area contributed by atoms with Gasteiger partial charge in [0.25, 0.3) is 11.2 Å². The summed E-state index contributed by atoms with van der Waals surface area (Å²) in [5.41, 5.74) is -0.607. The average molecular weight is 257 g/mol. The molecule has 0 saturated carbocycles. The highest BCUT2D eigenvalue weighted by Gasteiger charge is 2.15. The van der Waals surface area contributed by atoms with Crippen molar-refractivity contribution in [1.29, 1.82) is 0 Å². The molecule has 0 spiro atoms. The third kappa shape index (κ3) is 1.50. The fraction of sp³-hybridized carbons (Fsp3) is 0.375. The molecule has 2 rings (SSSR count). The van der Waals surface area contributed by atoms with Crippen LogP contribution in [0.15, 0.2) is 9.59 Å². The molecule has 0 amide bonds. The second-order valence-corrected chi connectivity index (χ2v) is 4.09. The molecule has 0 fully saturated rings. The Labute approximate surface area is 101 Å². The van der Waals surface area contributed by atoms with Gasteiger partial charge in [0.2, 0.25) is 5.52 Å². The first-order valence-corrected chi connectivity index (χ1v) is 5.46. The molecule has 2 heterocycles. The second kappa shape index (κ2) is 3.87. The molecule has 16 heavy (non-hydrogen) atoms. The Morgan fingerprint density at radius 3 is 2.69 bits per heavy atom. The Balaban J connectivity index is 2.93. The van der Waals surface area contributed by atoms with E-state index >= 15 is 0 Å². The van der Waals surface area contributed by atoms with E-state index in [9.17, 15) is 9.59 Å². The molecule has 86 valence electrons. The first-order valence-electron chi connectivity index (χ1n) is 4.73. The molecular formula is C8H9N4O2S2-. The van der Waals surface area contributed by atoms with Gasteiger partial charge in [0, 0.05) is 6.42 Å². The SMILES string of the molecule is CCCc1n([S-])c2c(=O)[nH]c(=O)[nH]c2[n+]1[S-]. The molecule has 0 unspecified atom stereocenters. The minimum absolute atomic E-state index is 0.216. The summed E-state index contributed by atoms with van der Waals surface area (Å²) < 4.78 is 2.64. The molecule has 0 aromatic carbocycles. The van der Waals surface area contributed by atoms with Gasteiger partial charge in [0.05, 0.1) is 0 Å². The number of imidazole rings is 1. The highest BCUT2D eigenvalue weighted by atomic mass is 32.1. The molecule has 2 aromatic rings. The van der Waals surface area contributed by atoms with Gasteiger partial charge in [0.1, 0.15) is 0 Å². The molecule has 2 N–H and O–H groups in total. The maximum Gasteiger partial charge on any atom is 0.384 e. The number of rotatable bonds is 2. The monoisotopic (exact) mass is 257 g/mol. The second-order valence-electron chi connectivity index (χ2n) is 3.36. The van der Waals surface area contributed by atoms with Gasteiger partial charge >= 0.3 is 5.69 Å². The number of H-pyrrole nitrogens is 2. The van der Waals surface area contributed by atoms with Gasteiger partial charge < -0.3 is 33.6 Å². The van der Waals surface area contributed by atoms with Crippen LogP contribution in [0.1, 0.15) is 19.2 Å². The number of nitrogens with one attached hydrogen (secondary N) is 2. The lowest BCUT2D eigenvalue weighted by Crippen LogP contribution is -2.34. The normalized spacial score (nSPS) is 11.1. The highest BCUT2D eigenvalue weighted by Crippen LogP contribution is 2.06. The lowest BCUT2D eigenvalue weighted by molar-refractivity contribution is -0.475. The van der Waals surface area contributed by atoms with Crippen LogP contribution in [0.2, 0.25) is 0 Å². The summed E-state index contributed by atoms with van der Waals surface area (Å²) in [5, 5.41) is 0. The van der Waals surface area contributed by atoms with E-state index in [1.165, 1.54) is 7.94 Å². The maximum absolute atomic E-state index is 11.6. The van der Waals surface area contributed by atoms with E-state index in [2.05, 4.69) is 9.97 Å². The number of nitrogens with zero attached hydrogens (tertiary/aromatic N) is 2. The lowest BCUT2D eigenvalue weighted by atomic mass is 10.3. The largest absolute Gasteiger partial charge is 0.598 e. The van der Waals surface area contributed by atoms with Gasteiger partial charge in [-0.3, -0.25) is 9.78 Å². The topological polar surface area (TPSA) is 74.5 Å². The summed E-state index contributed by atoms with van der Waals surface area (Å²) in [5.74, 6) is 0.648. The number of hydrogen-bond acceptors (Lipinski definition) is 4. The van der Waals surface area contributed by atoms with E-state index in [1.54, 1.807) is 0 Å². The zero-order valence-corrected chi connectivity index (χ0v) is 10.1. The maximum atomic E-state index is 11.6. The van der Waals surface area contributed by atoms with Crippen molar-refractivity contribution in [2.45, 2.75) is 19.8 Å². The summed E-state index contributed by atoms with van der Waals surface area (Å²) in [6.45, 7) is 1.98. The Bertz CT molecular complexity index is 654. The predicted octanol–water partition coefficient (Wildman–Crippen LogP) is -1.12. The van der Waals surface area contributed by atoms with Gasteiger partial charge in [-0.05, 0) is 6.42 Å². The van der Waals surface area contributed by atoms with Crippen LogP contribution in [0.25, 0.3) is 11.2 Å². The van der Waals surface area contributed by atoms with Crippen LogP contribution in [0.5, 0.6) is 0 Å². The Morgan fingerprint density at radius 1 is 1.38 bits per heavy atom. The predicted molar refractivity (Wildman–Crippen MR) is 62.9 cm³/mol. The zero-order chi connectivity index (χ0) is 11.9. The van der Waals surface area contributed by atoms with Gasteiger partial charge in [-0.1, -0.05) is 6.92 Å². The lowest BCUT2D eigenvalue weighted by Gasteiger charge is -2.10. The van der Waals surface area contributed by atoms with Gasteiger partial charge in [0.15, 0.2) is 5.82 Å². The Morgan fingerprint density at radius 2 is 2.06 bits per heavy atom. The quantitative estimate of drug-likeness (QED) is 0.528. The van der Waals surface area contributed by atoms with Crippen LogP contribution in [0.3, 0.4) is 0 Å². The fourth-order valence-corrected chi connectivity index (χ4v) is 2.27. The summed E-state index contributed by atoms with van der Waals surface area (Å²) >= 11 is 10.2. The molecule has 0 aliphatic carbocycles. The van der Waals surface area contributed by atoms with Crippen LogP contribution in [0.4, 0.5) is 0 Å². The van der Waals surface area contributed by atoms with Crippen LogP contribution < -0.4 is 15.2 Å². The first kappa shape index (κ1) is 11.1. The van der Waals surface area contributed by atoms with Crippen molar-refractivity contribution < 1.29 is 3.97 Å². The number of aromatic amines is 2. The zero-order valence-electron chi connectivity index (χ0n) is 8.44. The number of fused-ring (bicyclic) bond motifs is 1. The van der Waals surface area contributed by atoms with Crippen molar-refractivity contribution in [1.82, 2.24) is 13.9 Å². The Kier molecular flexibility index (Phi) is 2.68. The number of hydrogen-bond donors (Lipinski definition) is 2. The van der Waals surface area contributed by atoms with Gasteiger partial charge in [-0.15, -0.1) is 0 Å². The van der Waals surface area contributed by atoms with Crippen molar-refractivity contribution in [3.8, 4) is 0 Å². The van der Waals surface area contributed by atoms with Crippen molar-refractivity contribution in [3.63, 3.8) is 0 Å². The van der Waals surface area contributed by atoms with Gasteiger partial charge in [-0.2, -0.15) is 0 Å². The van der Waals surface area contributed by atoms with Crippen LogP contribution in [0, 0.1) is 0 Å². The first-order chi connectivity index (χ1) is 7.56. The molecule has 0 radical (unpaired) electrons. The molecule has 0 aliphatic rings. The minimum atomic E-state index is -0.584. The van der Waals surface area contributed by atoms with Crippen LogP contribution >= 0.6 is 0 Å². The summed E-state index contributed by atoms with van der Waals surface area (Å²) in [6, 6.07) is 0. The molecule has 2 aromatic heterocycles. The highest BCUT2D eigenvalue weighted by molar-refractivity contribution is 7.57. The van der Waals surface area contributed by atoms with Crippen molar-refractivity contribution in [2.75, 3.05) is 0 Å². The average Bonchev–Trinajstić information content (AvgIpc) is 2.43. The van der Waals surface area contributed by atoms with E-state index in [0.717, 1.165) is 6.42 Å². The molecule has 0 saturated heterocycles. The molecule has 6 nitrogen and oxygen atoms in total. The third-order valence-electron chi connectivity index (χ3n) is 2.25. The van der Waals surface area contributed by atoms with E-state index in [0.29, 0.717) is 12.2 Å². The smallest absolute Gasteiger partial charge is 0.384 e. The number of aromatic nitrogens is 4. The van der Waals surface area contributed by atoms with E-state index < -0.39 is 11.2 Å². The summed E-state index contributed by atoms with van der Waals surface area (Å²) in [7, 11) is 0. The van der Waals surface area contributed by atoms with Crippen LogP contribution in [-0.2, 0) is 32.1 Å². The van der Waals surface area contributed by atoms with E-state index in [4.69, 9.17) is 25.6 Å². The molecule has 8 heteroatoms. The Hall–Kier alpha value is -1.41. The van der Waals surface area contributed by atoms with Gasteiger partial charge in [-0.25, -0.2) is 9.78 Å². The van der Waals surface area contributed by atoms with Crippen molar-refractivity contribution in [3.05, 3.63) is 26.7 Å². The molecular weight excluding hydrogens is 248 g/mol. The third-order valence-corrected chi connectivity index (χ3v) is 3.03. The van der Waals surface area contributed by atoms with Crippen LogP contribution in [-0.4, -0.2) is 13.9 Å². The summed E-state index contributed by atoms with van der Waals surface area (Å²) in [6.07, 6.45) is 1.51. The molecule has 0 atom stereocenters. The minimum Gasteiger partial charge on any atom is -0.598 e.